The van der Waals surface area contributed by atoms with Crippen molar-refractivity contribution < 1.29 is 14.6 Å². The minimum Gasteiger partial charge on any atom is -0.389 e. The van der Waals surface area contributed by atoms with Crippen LogP contribution in [0, 0.1) is 0 Å². The Morgan fingerprint density at radius 1 is 1.50 bits per heavy atom. The Kier molecular flexibility index (Phi) is 2.39. The minimum absolute atomic E-state index is 0.0952. The van der Waals surface area contributed by atoms with Gasteiger partial charge in [0.25, 0.3) is 0 Å². The first-order chi connectivity index (χ1) is 7.73. The van der Waals surface area contributed by atoms with Gasteiger partial charge in [-0.1, -0.05) is 0 Å². The third-order valence-corrected chi connectivity index (χ3v) is 6.06. The van der Waals surface area contributed by atoms with E-state index in [9.17, 15) is 0 Å². The van der Waals surface area contributed by atoms with Crippen molar-refractivity contribution in [1.82, 2.24) is 0 Å². The number of ether oxygens (including phenoxy) is 2. The highest BCUT2D eigenvalue weighted by Crippen LogP contribution is 2.63. The number of aliphatic hydroxyl groups excluding tert-OH is 1. The summed E-state index contributed by atoms with van der Waals surface area (Å²) in [5.41, 5.74) is -1.07. The third kappa shape index (κ3) is 1.22. The first-order valence-electron chi connectivity index (χ1n) is 6.17. The van der Waals surface area contributed by atoms with Gasteiger partial charge in [-0.15, -0.1) is 11.8 Å². The lowest BCUT2D eigenvalue weighted by Crippen LogP contribution is -2.65. The van der Waals surface area contributed by atoms with Gasteiger partial charge in [0.1, 0.15) is 11.7 Å². The Bertz CT molecular complexity index is 321. The molecule has 2 rings (SSSR count). The molecule has 4 atom stereocenters. The van der Waals surface area contributed by atoms with Crippen molar-refractivity contribution in [2.45, 2.75) is 68.0 Å². The van der Waals surface area contributed by atoms with Gasteiger partial charge in [-0.25, -0.2) is 0 Å². The smallest absolute Gasteiger partial charge is 0.211 e. The van der Waals surface area contributed by atoms with Crippen LogP contribution in [-0.4, -0.2) is 47.1 Å². The summed E-state index contributed by atoms with van der Waals surface area (Å²) in [5.74, 6) is 0. The van der Waals surface area contributed by atoms with E-state index >= 15 is 0 Å². The molecule has 2 aliphatic rings. The van der Waals surface area contributed by atoms with Crippen molar-refractivity contribution in [2.24, 2.45) is 0 Å². The molecule has 0 radical (unpaired) electrons. The van der Waals surface area contributed by atoms with Gasteiger partial charge in [-0.05, 0) is 34.6 Å². The topological polar surface area (TPSA) is 38.7 Å². The summed E-state index contributed by atoms with van der Waals surface area (Å²) in [6.07, 6.45) is -0.148. The van der Waals surface area contributed by atoms with Gasteiger partial charge in [0.05, 0.1) is 17.0 Å². The average Bonchev–Trinajstić information content (AvgIpc) is 2.64. The lowest BCUT2D eigenvalue weighted by molar-refractivity contribution is -0.211. The largest absolute Gasteiger partial charge is 0.389 e. The number of hydrogen-bond acceptors (Lipinski definition) is 4. The lowest BCUT2D eigenvalue weighted by atomic mass is 9.73. The molecule has 0 amide bonds. The fourth-order valence-corrected chi connectivity index (χ4v) is 5.16. The summed E-state index contributed by atoms with van der Waals surface area (Å²) >= 11 is 1.85. The predicted octanol–water partition coefficient (Wildman–Crippen LogP) is 1.82. The Morgan fingerprint density at radius 3 is 2.62 bits per heavy atom. The van der Waals surface area contributed by atoms with E-state index in [0.717, 1.165) is 0 Å². The highest BCUT2D eigenvalue weighted by Gasteiger charge is 2.74. The molecule has 0 aliphatic carbocycles. The van der Waals surface area contributed by atoms with Gasteiger partial charge in [-0.3, -0.25) is 0 Å². The van der Waals surface area contributed by atoms with E-state index in [0.29, 0.717) is 0 Å². The van der Waals surface area contributed by atoms with E-state index in [4.69, 9.17) is 16.0 Å². The normalized spacial score (nSPS) is 47.1. The van der Waals surface area contributed by atoms with Crippen molar-refractivity contribution in [3.05, 3.63) is 0 Å². The standard InChI is InChI=1S/C12H22O3S/c1-7-8-9(13)12(15-7,10(2,3)14-6)11(4,5)16-8/h7-9,13H,1-6H3/i13T. The zero-order valence-electron chi connectivity index (χ0n) is 11.9. The molecule has 2 fully saturated rings. The van der Waals surface area contributed by atoms with Crippen LogP contribution in [0.15, 0.2) is 0 Å². The lowest BCUT2D eigenvalue weighted by Gasteiger charge is -2.51. The highest BCUT2D eigenvalue weighted by molar-refractivity contribution is 8.01. The van der Waals surface area contributed by atoms with Crippen molar-refractivity contribution in [3.8, 4) is 0 Å². The maximum Gasteiger partial charge on any atom is 0.211 e. The summed E-state index contributed by atoms with van der Waals surface area (Å²) in [4.78, 5) is 0. The van der Waals surface area contributed by atoms with Crippen molar-refractivity contribution >= 4 is 11.8 Å². The number of fused-ring (bicyclic) bond motifs is 2. The van der Waals surface area contributed by atoms with Crippen LogP contribution in [0.2, 0.25) is 0 Å². The molecule has 2 bridgehead atoms. The molecule has 2 heterocycles. The molecule has 1 N–H and O–H groups in total. The Hall–Kier alpha value is 0.230. The number of hydrogen-bond donors (Lipinski definition) is 1. The number of thioether (sulfide) groups is 1. The first kappa shape index (κ1) is 11.3. The van der Waals surface area contributed by atoms with Crippen molar-refractivity contribution in [1.29, 1.82) is 1.43 Å². The molecule has 0 aromatic rings. The summed E-state index contributed by atoms with van der Waals surface area (Å²) in [6.45, 7) is 10.4. The van der Waals surface area contributed by atoms with Crippen LogP contribution < -0.4 is 0 Å². The molecule has 0 aromatic carbocycles. The zero-order valence-corrected chi connectivity index (χ0v) is 11.7. The highest BCUT2D eigenvalue weighted by atomic mass is 32.2. The van der Waals surface area contributed by atoms with Crippen molar-refractivity contribution in [2.75, 3.05) is 7.11 Å². The van der Waals surface area contributed by atoms with Gasteiger partial charge < -0.3 is 14.6 Å². The second-order valence-corrected chi connectivity index (χ2v) is 7.59. The Morgan fingerprint density at radius 2 is 2.12 bits per heavy atom. The molecule has 0 spiro atoms. The SMILES string of the molecule is [3H]OC1C2SC(C)(C)C1(C(C)(C)OC)OC2C. The van der Waals surface area contributed by atoms with Gasteiger partial charge in [-0.2, -0.15) is 0 Å². The predicted molar refractivity (Wildman–Crippen MR) is 65.8 cm³/mol. The number of aliphatic hydroxyl groups is 1. The van der Waals surface area contributed by atoms with E-state index in [2.05, 4.69) is 13.8 Å². The maximum absolute atomic E-state index is 7.40. The molecule has 0 saturated carbocycles. The van der Waals surface area contributed by atoms with Crippen LogP contribution >= 0.6 is 11.8 Å². The quantitative estimate of drug-likeness (QED) is 0.827. The van der Waals surface area contributed by atoms with Gasteiger partial charge >= 0.3 is 0 Å². The molecule has 3 nitrogen and oxygen atoms in total. The molecule has 2 aliphatic heterocycles. The average molecular weight is 248 g/mol. The van der Waals surface area contributed by atoms with E-state index < -0.39 is 11.2 Å². The van der Waals surface area contributed by atoms with E-state index in [1.807, 2.05) is 32.5 Å². The monoisotopic (exact) mass is 248 g/mol. The second kappa shape index (κ2) is 3.37. The van der Waals surface area contributed by atoms with Gasteiger partial charge in [0.15, 0.2) is 0 Å². The summed E-state index contributed by atoms with van der Waals surface area (Å²) in [5, 5.41) is 5.23. The Labute approximate surface area is 103 Å². The fourth-order valence-electron chi connectivity index (χ4n) is 3.34. The summed E-state index contributed by atoms with van der Waals surface area (Å²) in [7, 11) is 1.69. The molecule has 2 saturated heterocycles. The molecular weight excluding hydrogens is 224 g/mol. The fraction of sp³-hybridized carbons (Fsp3) is 1.00. The molecule has 94 valence electrons. The van der Waals surface area contributed by atoms with E-state index in [1.165, 1.54) is 0 Å². The number of rotatable bonds is 3. The van der Waals surface area contributed by atoms with Crippen LogP contribution in [0.4, 0.5) is 0 Å². The third-order valence-electron chi connectivity index (χ3n) is 4.26. The molecule has 4 unspecified atom stereocenters. The summed E-state index contributed by atoms with van der Waals surface area (Å²) < 4.78 is 19.2. The van der Waals surface area contributed by atoms with Crippen LogP contribution in [0.5, 0.6) is 0 Å². The van der Waals surface area contributed by atoms with Crippen molar-refractivity contribution in [3.63, 3.8) is 0 Å². The molecule has 16 heavy (non-hydrogen) atoms. The summed E-state index contributed by atoms with van der Waals surface area (Å²) in [6, 6.07) is 0. The second-order valence-electron chi connectivity index (χ2n) is 5.79. The molecular formula is C12H22O3S. The van der Waals surface area contributed by atoms with Crippen LogP contribution in [0.25, 0.3) is 0 Å². The zero-order chi connectivity index (χ0) is 13.1. The molecule has 0 aromatic heterocycles. The van der Waals surface area contributed by atoms with Gasteiger partial charge in [0, 0.05) is 11.9 Å². The number of methoxy groups -OCH3 is 1. The molecule has 4 heteroatoms. The Balaban J connectivity index is 2.52. The first-order valence-corrected chi connectivity index (χ1v) is 6.64. The van der Waals surface area contributed by atoms with Crippen LogP contribution in [0.1, 0.15) is 34.6 Å². The van der Waals surface area contributed by atoms with Crippen LogP contribution in [0.3, 0.4) is 0 Å². The van der Waals surface area contributed by atoms with E-state index in [1.54, 1.807) is 7.11 Å². The van der Waals surface area contributed by atoms with Gasteiger partial charge in [0.2, 0.25) is 1.43 Å². The maximum atomic E-state index is 7.40. The van der Waals surface area contributed by atoms with Crippen LogP contribution in [-0.2, 0) is 9.47 Å². The minimum atomic E-state index is -0.578. The van der Waals surface area contributed by atoms with E-state index in [-0.39, 0.29) is 22.2 Å².